The lowest BCUT2D eigenvalue weighted by atomic mass is 10.0. The van der Waals surface area contributed by atoms with E-state index in [-0.39, 0.29) is 0 Å². The highest BCUT2D eigenvalue weighted by molar-refractivity contribution is 8.01. The average Bonchev–Trinajstić information content (AvgIpc) is 2.37. The Labute approximate surface area is 117 Å². The molecule has 0 aromatic heterocycles. The Kier molecular flexibility index (Phi) is 4.74. The minimum absolute atomic E-state index is 0.750. The van der Waals surface area contributed by atoms with Gasteiger partial charge in [0, 0.05) is 9.77 Å². The minimum Gasteiger partial charge on any atom is -0.122 e. The van der Waals surface area contributed by atoms with Gasteiger partial charge in [0.05, 0.1) is 8.07 Å². The highest BCUT2D eigenvalue weighted by atomic mass is 32.2. The summed E-state index contributed by atoms with van der Waals surface area (Å²) in [5.74, 6) is 0. The van der Waals surface area contributed by atoms with Crippen LogP contribution < -0.4 is 0 Å². The molecule has 0 N–H and O–H groups in total. The molecule has 2 rings (SSSR count). The molecular formula is C16H24SSi. The van der Waals surface area contributed by atoms with Gasteiger partial charge in [0.15, 0.2) is 0 Å². The van der Waals surface area contributed by atoms with E-state index in [1.807, 2.05) is 0 Å². The molecule has 2 heteroatoms. The molecule has 1 aliphatic carbocycles. The summed E-state index contributed by atoms with van der Waals surface area (Å²) in [6.07, 6.45) is 7.93. The van der Waals surface area contributed by atoms with Gasteiger partial charge < -0.3 is 0 Å². The SMILES string of the molecule is C[Si](C)(C)C(Sc1ccccc1)C1=CCCCC1. The van der Waals surface area contributed by atoms with Crippen molar-refractivity contribution in [1.29, 1.82) is 0 Å². The Balaban J connectivity index is 2.18. The van der Waals surface area contributed by atoms with Crippen LogP contribution in [0.2, 0.25) is 19.6 Å². The second-order valence-corrected chi connectivity index (χ2v) is 13.1. The predicted molar refractivity (Wildman–Crippen MR) is 86.0 cm³/mol. The molecule has 98 valence electrons. The van der Waals surface area contributed by atoms with Crippen LogP contribution in [0.1, 0.15) is 25.7 Å². The molecule has 0 aliphatic heterocycles. The molecule has 0 radical (unpaired) electrons. The lowest BCUT2D eigenvalue weighted by Gasteiger charge is -2.32. The molecular weight excluding hydrogens is 252 g/mol. The molecule has 0 spiro atoms. The highest BCUT2D eigenvalue weighted by Gasteiger charge is 2.31. The zero-order valence-corrected chi connectivity index (χ0v) is 13.6. The van der Waals surface area contributed by atoms with Gasteiger partial charge in [-0.05, 0) is 37.8 Å². The molecule has 18 heavy (non-hydrogen) atoms. The van der Waals surface area contributed by atoms with Crippen molar-refractivity contribution in [1.82, 2.24) is 0 Å². The van der Waals surface area contributed by atoms with Gasteiger partial charge in [0.25, 0.3) is 0 Å². The summed E-state index contributed by atoms with van der Waals surface area (Å²) in [7, 11) is -1.16. The van der Waals surface area contributed by atoms with Crippen molar-refractivity contribution in [3.05, 3.63) is 42.0 Å². The van der Waals surface area contributed by atoms with Crippen molar-refractivity contribution >= 4 is 19.8 Å². The van der Waals surface area contributed by atoms with Crippen LogP contribution in [0.25, 0.3) is 0 Å². The van der Waals surface area contributed by atoms with Crippen LogP contribution >= 0.6 is 11.8 Å². The fraction of sp³-hybridized carbons (Fsp3) is 0.500. The summed E-state index contributed by atoms with van der Waals surface area (Å²) in [5, 5.41) is 0. The molecule has 1 aliphatic rings. The molecule has 0 saturated carbocycles. The zero-order chi connectivity index (χ0) is 13.0. The van der Waals surface area contributed by atoms with Crippen LogP contribution in [0.15, 0.2) is 46.9 Å². The van der Waals surface area contributed by atoms with Crippen molar-refractivity contribution in [3.63, 3.8) is 0 Å². The van der Waals surface area contributed by atoms with E-state index in [0.717, 1.165) is 4.87 Å². The van der Waals surface area contributed by atoms with Crippen LogP contribution in [0.4, 0.5) is 0 Å². The van der Waals surface area contributed by atoms with E-state index in [1.54, 1.807) is 5.57 Å². The molecule has 0 nitrogen and oxygen atoms in total. The van der Waals surface area contributed by atoms with Crippen LogP contribution in [0.5, 0.6) is 0 Å². The second-order valence-electron chi connectivity index (χ2n) is 6.20. The van der Waals surface area contributed by atoms with Crippen LogP contribution in [-0.2, 0) is 0 Å². The topological polar surface area (TPSA) is 0 Å². The van der Waals surface area contributed by atoms with Crippen molar-refractivity contribution < 1.29 is 0 Å². The Morgan fingerprint density at radius 3 is 2.33 bits per heavy atom. The van der Waals surface area contributed by atoms with Gasteiger partial charge in [-0.2, -0.15) is 0 Å². The highest BCUT2D eigenvalue weighted by Crippen LogP contribution is 2.37. The Morgan fingerprint density at radius 2 is 1.78 bits per heavy atom. The number of benzene rings is 1. The first-order valence-corrected chi connectivity index (χ1v) is 11.4. The first-order chi connectivity index (χ1) is 8.57. The molecule has 0 bridgehead atoms. The number of hydrogen-bond donors (Lipinski definition) is 0. The minimum atomic E-state index is -1.16. The van der Waals surface area contributed by atoms with Gasteiger partial charge >= 0.3 is 0 Å². The van der Waals surface area contributed by atoms with Gasteiger partial charge in [0.1, 0.15) is 0 Å². The zero-order valence-electron chi connectivity index (χ0n) is 11.8. The molecule has 0 fully saturated rings. The van der Waals surface area contributed by atoms with Gasteiger partial charge in [-0.15, -0.1) is 11.8 Å². The molecule has 1 unspecified atom stereocenters. The van der Waals surface area contributed by atoms with E-state index in [0.29, 0.717) is 0 Å². The van der Waals surface area contributed by atoms with Crippen LogP contribution in [0.3, 0.4) is 0 Å². The third kappa shape index (κ3) is 3.76. The maximum Gasteiger partial charge on any atom is 0.0643 e. The maximum absolute atomic E-state index is 2.53. The van der Waals surface area contributed by atoms with E-state index in [4.69, 9.17) is 0 Å². The monoisotopic (exact) mass is 276 g/mol. The summed E-state index contributed by atoms with van der Waals surface area (Å²) < 4.78 is 0. The van der Waals surface area contributed by atoms with Crippen LogP contribution in [0, 0.1) is 0 Å². The fourth-order valence-corrected chi connectivity index (χ4v) is 6.69. The van der Waals surface area contributed by atoms with Gasteiger partial charge in [-0.3, -0.25) is 0 Å². The van der Waals surface area contributed by atoms with Crippen molar-refractivity contribution in [3.8, 4) is 0 Å². The summed E-state index contributed by atoms with van der Waals surface area (Å²) in [5.41, 5.74) is 1.73. The maximum atomic E-state index is 2.53. The Morgan fingerprint density at radius 1 is 1.06 bits per heavy atom. The molecule has 1 aromatic carbocycles. The standard InChI is InChI=1S/C16H24SSi/c1-18(2,3)16(14-10-6-4-7-11-14)17-15-12-8-5-9-13-15/h5,8-10,12-13,16H,4,6-7,11H2,1-3H3. The number of hydrogen-bond acceptors (Lipinski definition) is 1. The second kappa shape index (κ2) is 6.11. The van der Waals surface area contributed by atoms with Gasteiger partial charge in [-0.1, -0.05) is 49.5 Å². The summed E-state index contributed by atoms with van der Waals surface area (Å²) in [4.78, 5) is 2.18. The normalized spacial score (nSPS) is 18.3. The largest absolute Gasteiger partial charge is 0.122 e. The van der Waals surface area contributed by atoms with E-state index in [2.05, 4.69) is 67.8 Å². The lowest BCUT2D eigenvalue weighted by Crippen LogP contribution is -2.37. The van der Waals surface area contributed by atoms with E-state index < -0.39 is 8.07 Å². The number of thioether (sulfide) groups is 1. The number of allylic oxidation sites excluding steroid dienone is 1. The average molecular weight is 277 g/mol. The van der Waals surface area contributed by atoms with Crippen LogP contribution in [-0.4, -0.2) is 12.9 Å². The molecule has 1 aromatic rings. The molecule has 0 amide bonds. The fourth-order valence-electron chi connectivity index (χ4n) is 2.54. The van der Waals surface area contributed by atoms with E-state index in [9.17, 15) is 0 Å². The lowest BCUT2D eigenvalue weighted by molar-refractivity contribution is 0.697. The summed E-state index contributed by atoms with van der Waals surface area (Å²) in [6, 6.07) is 10.9. The van der Waals surface area contributed by atoms with E-state index >= 15 is 0 Å². The Hall–Kier alpha value is -0.473. The Bertz CT molecular complexity index is 403. The van der Waals surface area contributed by atoms with Gasteiger partial charge in [-0.25, -0.2) is 0 Å². The molecule has 0 saturated heterocycles. The van der Waals surface area contributed by atoms with Crippen molar-refractivity contribution in [2.45, 2.75) is 55.1 Å². The predicted octanol–water partition coefficient (Wildman–Crippen LogP) is 5.53. The molecule has 0 heterocycles. The van der Waals surface area contributed by atoms with Gasteiger partial charge in [0.2, 0.25) is 0 Å². The summed E-state index contributed by atoms with van der Waals surface area (Å²) >= 11 is 2.10. The quantitative estimate of drug-likeness (QED) is 0.396. The van der Waals surface area contributed by atoms with Crippen molar-refractivity contribution in [2.75, 3.05) is 0 Å². The first-order valence-electron chi connectivity index (χ1n) is 6.98. The first kappa shape index (κ1) is 13.9. The third-order valence-corrected chi connectivity index (χ3v) is 8.95. The smallest absolute Gasteiger partial charge is 0.0643 e. The summed E-state index contributed by atoms with van der Waals surface area (Å²) in [6.45, 7) is 7.51. The third-order valence-electron chi connectivity index (χ3n) is 3.45. The number of rotatable bonds is 4. The van der Waals surface area contributed by atoms with E-state index in [1.165, 1.54) is 30.6 Å². The molecule has 1 atom stereocenters. The van der Waals surface area contributed by atoms with Crippen molar-refractivity contribution in [2.24, 2.45) is 0 Å².